The number of rotatable bonds is 2. The second kappa shape index (κ2) is 9.80. The van der Waals surface area contributed by atoms with Crippen LogP contribution in [0.5, 0.6) is 0 Å². The fraction of sp³-hybridized carbons (Fsp3) is 0.429. The minimum atomic E-state index is -0.295. The second-order valence-corrected chi connectivity index (χ2v) is 1.94. The topological polar surface area (TPSA) is 52.0 Å². The lowest BCUT2D eigenvalue weighted by atomic mass is 10.2. The molecule has 2 unspecified atom stereocenters. The molecule has 66 valence electrons. The molecule has 4 heteroatoms. The summed E-state index contributed by atoms with van der Waals surface area (Å²) in [7, 11) is 0. The van der Waals surface area contributed by atoms with Gasteiger partial charge >= 0.3 is 0 Å². The Morgan fingerprint density at radius 1 is 1.27 bits per heavy atom. The lowest BCUT2D eigenvalue weighted by Gasteiger charge is -1.96. The van der Waals surface area contributed by atoms with Gasteiger partial charge in [-0.1, -0.05) is 18.1 Å². The molecular weight excluding hydrogens is 183 g/mol. The maximum atomic E-state index is 5.38. The van der Waals surface area contributed by atoms with Crippen molar-refractivity contribution in [2.24, 2.45) is 11.5 Å². The minimum absolute atomic E-state index is 0. The summed E-state index contributed by atoms with van der Waals surface area (Å²) in [6.45, 7) is 1.86. The molecule has 0 radical (unpaired) electrons. The molecule has 0 bridgehead atoms. The van der Waals surface area contributed by atoms with Crippen LogP contribution in [-0.4, -0.2) is 12.1 Å². The summed E-state index contributed by atoms with van der Waals surface area (Å²) in [5, 5.41) is 0. The molecule has 0 aliphatic heterocycles. The quantitative estimate of drug-likeness (QED) is 0.505. The summed E-state index contributed by atoms with van der Waals surface area (Å²) >= 11 is 0. The third kappa shape index (κ3) is 12.9. The normalized spacial score (nSPS) is 14.0. The van der Waals surface area contributed by atoms with Gasteiger partial charge in [-0.2, -0.15) is 0 Å². The highest BCUT2D eigenvalue weighted by molar-refractivity contribution is 5.85. The third-order valence-electron chi connectivity index (χ3n) is 0.814. The van der Waals surface area contributed by atoms with E-state index in [4.69, 9.17) is 17.9 Å². The van der Waals surface area contributed by atoms with Crippen LogP contribution in [0, 0.1) is 12.3 Å². The van der Waals surface area contributed by atoms with Crippen molar-refractivity contribution in [3.05, 3.63) is 12.2 Å². The molecule has 0 rings (SSSR count). The van der Waals surface area contributed by atoms with E-state index in [1.165, 1.54) is 0 Å². The number of hydrogen-bond donors (Lipinski definition) is 2. The van der Waals surface area contributed by atoms with Crippen molar-refractivity contribution in [3.8, 4) is 12.3 Å². The van der Waals surface area contributed by atoms with Crippen molar-refractivity contribution in [1.82, 2.24) is 0 Å². The fourth-order valence-electron chi connectivity index (χ4n) is 0.351. The molecule has 0 aromatic carbocycles. The Bertz CT molecular complexity index is 138. The predicted octanol–water partition coefficient (Wildman–Crippen LogP) is 0.694. The number of halogens is 2. The first-order valence-electron chi connectivity index (χ1n) is 2.82. The molecule has 0 fully saturated rings. The van der Waals surface area contributed by atoms with E-state index >= 15 is 0 Å². The van der Waals surface area contributed by atoms with Crippen LogP contribution >= 0.6 is 24.8 Å². The molecule has 11 heavy (non-hydrogen) atoms. The van der Waals surface area contributed by atoms with E-state index in [2.05, 4.69) is 5.92 Å². The molecule has 0 spiro atoms. The molecule has 0 aromatic rings. The summed E-state index contributed by atoms with van der Waals surface area (Å²) < 4.78 is 0. The highest BCUT2D eigenvalue weighted by Gasteiger charge is 1.88. The van der Waals surface area contributed by atoms with Gasteiger partial charge in [-0.05, 0) is 6.92 Å². The summed E-state index contributed by atoms with van der Waals surface area (Å²) in [6.07, 6.45) is 8.49. The summed E-state index contributed by atoms with van der Waals surface area (Å²) in [5.74, 6) is 2.36. The molecule has 0 aliphatic carbocycles. The van der Waals surface area contributed by atoms with Gasteiger partial charge in [0.25, 0.3) is 0 Å². The van der Waals surface area contributed by atoms with Crippen LogP contribution in [0.3, 0.4) is 0 Å². The average molecular weight is 197 g/mol. The molecule has 4 N–H and O–H groups in total. The van der Waals surface area contributed by atoms with Gasteiger partial charge in [0.05, 0.1) is 6.04 Å². The molecule has 0 aliphatic rings. The standard InChI is InChI=1S/C7H12N2.2ClH/c1-3-7(9)5-4-6(2)8;;/h1,4-7H,8-9H2,2H3;2*1H/b5-4+;;. The maximum Gasteiger partial charge on any atom is 0.0848 e. The zero-order chi connectivity index (χ0) is 7.28. The van der Waals surface area contributed by atoms with Crippen LogP contribution < -0.4 is 11.5 Å². The van der Waals surface area contributed by atoms with Gasteiger partial charge < -0.3 is 11.5 Å². The van der Waals surface area contributed by atoms with E-state index in [-0.39, 0.29) is 36.9 Å². The summed E-state index contributed by atoms with van der Waals surface area (Å²) in [6, 6.07) is -0.264. The average Bonchev–Trinajstić information content (AvgIpc) is 1.83. The van der Waals surface area contributed by atoms with Crippen LogP contribution in [0.4, 0.5) is 0 Å². The Labute approximate surface area is 80.2 Å². The number of hydrogen-bond acceptors (Lipinski definition) is 2. The van der Waals surface area contributed by atoms with Crippen LogP contribution in [0.15, 0.2) is 12.2 Å². The zero-order valence-electron chi connectivity index (χ0n) is 6.36. The SMILES string of the molecule is C#CC(N)/C=C/C(C)N.Cl.Cl. The molecule has 0 heterocycles. The van der Waals surface area contributed by atoms with Gasteiger partial charge in [0, 0.05) is 6.04 Å². The highest BCUT2D eigenvalue weighted by Crippen LogP contribution is 1.82. The van der Waals surface area contributed by atoms with Crippen molar-refractivity contribution in [2.45, 2.75) is 19.0 Å². The van der Waals surface area contributed by atoms with Crippen molar-refractivity contribution in [1.29, 1.82) is 0 Å². The molecule has 0 amide bonds. The van der Waals surface area contributed by atoms with Gasteiger partial charge in [0.1, 0.15) is 0 Å². The lowest BCUT2D eigenvalue weighted by molar-refractivity contribution is 0.910. The molecule has 2 nitrogen and oxygen atoms in total. The van der Waals surface area contributed by atoms with Gasteiger partial charge in [-0.25, -0.2) is 0 Å². The monoisotopic (exact) mass is 196 g/mol. The largest absolute Gasteiger partial charge is 0.325 e. The summed E-state index contributed by atoms with van der Waals surface area (Å²) in [5.41, 5.74) is 10.7. The molecule has 0 aromatic heterocycles. The predicted molar refractivity (Wildman–Crippen MR) is 54.1 cm³/mol. The van der Waals surface area contributed by atoms with Crippen LogP contribution in [-0.2, 0) is 0 Å². The van der Waals surface area contributed by atoms with Gasteiger partial charge in [-0.15, -0.1) is 31.2 Å². The fourth-order valence-corrected chi connectivity index (χ4v) is 0.351. The second-order valence-electron chi connectivity index (χ2n) is 1.94. The molecular formula is C7H14Cl2N2. The van der Waals surface area contributed by atoms with E-state index in [0.717, 1.165) is 0 Å². The Morgan fingerprint density at radius 2 is 1.73 bits per heavy atom. The zero-order valence-corrected chi connectivity index (χ0v) is 7.99. The van der Waals surface area contributed by atoms with Crippen LogP contribution in [0.25, 0.3) is 0 Å². The minimum Gasteiger partial charge on any atom is -0.325 e. The molecule has 0 saturated carbocycles. The van der Waals surface area contributed by atoms with Gasteiger partial charge in [-0.3, -0.25) is 0 Å². The molecule has 2 atom stereocenters. The Morgan fingerprint density at radius 3 is 2.00 bits per heavy atom. The van der Waals surface area contributed by atoms with Crippen molar-refractivity contribution < 1.29 is 0 Å². The van der Waals surface area contributed by atoms with E-state index in [1.807, 2.05) is 6.92 Å². The Kier molecular flexibility index (Phi) is 15.2. The Balaban J connectivity index is -0.000000320. The maximum absolute atomic E-state index is 5.38. The molecule has 0 saturated heterocycles. The van der Waals surface area contributed by atoms with Crippen LogP contribution in [0.1, 0.15) is 6.92 Å². The van der Waals surface area contributed by atoms with E-state index < -0.39 is 0 Å². The van der Waals surface area contributed by atoms with E-state index in [1.54, 1.807) is 12.2 Å². The first-order chi connectivity index (χ1) is 4.16. The van der Waals surface area contributed by atoms with E-state index in [0.29, 0.717) is 0 Å². The van der Waals surface area contributed by atoms with Gasteiger partial charge in [0.2, 0.25) is 0 Å². The van der Waals surface area contributed by atoms with Gasteiger partial charge in [0.15, 0.2) is 0 Å². The highest BCUT2D eigenvalue weighted by atomic mass is 35.5. The first-order valence-corrected chi connectivity index (χ1v) is 2.82. The summed E-state index contributed by atoms with van der Waals surface area (Å²) in [4.78, 5) is 0. The smallest absolute Gasteiger partial charge is 0.0848 e. The van der Waals surface area contributed by atoms with E-state index in [9.17, 15) is 0 Å². The van der Waals surface area contributed by atoms with Crippen molar-refractivity contribution in [3.63, 3.8) is 0 Å². The Hall–Kier alpha value is -0.200. The third-order valence-corrected chi connectivity index (χ3v) is 0.814. The van der Waals surface area contributed by atoms with Crippen molar-refractivity contribution >= 4 is 24.8 Å². The number of terminal acetylenes is 1. The van der Waals surface area contributed by atoms with Crippen LogP contribution in [0.2, 0.25) is 0 Å². The van der Waals surface area contributed by atoms with Crippen molar-refractivity contribution in [2.75, 3.05) is 0 Å². The lowest BCUT2D eigenvalue weighted by Crippen LogP contribution is -2.16. The number of nitrogens with two attached hydrogens (primary N) is 2. The first kappa shape index (κ1) is 17.0.